The Morgan fingerprint density at radius 1 is 1.28 bits per heavy atom. The van der Waals surface area contributed by atoms with Crippen molar-refractivity contribution in [3.05, 3.63) is 23.2 Å². The van der Waals surface area contributed by atoms with E-state index in [-0.39, 0.29) is 0 Å². The Morgan fingerprint density at radius 2 is 2.00 bits per heavy atom. The van der Waals surface area contributed by atoms with Gasteiger partial charge >= 0.3 is 0 Å². The van der Waals surface area contributed by atoms with Crippen molar-refractivity contribution in [2.45, 2.75) is 0 Å². The molecule has 1 aliphatic heterocycles. The van der Waals surface area contributed by atoms with Crippen molar-refractivity contribution in [2.75, 3.05) is 51.3 Å². The van der Waals surface area contributed by atoms with Crippen LogP contribution in [0.1, 0.15) is 0 Å². The number of methoxy groups -OCH3 is 1. The maximum absolute atomic E-state index is 6.06. The number of halogens is 1. The summed E-state index contributed by atoms with van der Waals surface area (Å²) in [5.41, 5.74) is 6.66. The van der Waals surface area contributed by atoms with E-state index in [0.717, 1.165) is 55.7 Å². The Hall–Kier alpha value is -0.970. The Morgan fingerprint density at radius 3 is 2.61 bits per heavy atom. The van der Waals surface area contributed by atoms with Crippen LogP contribution in [0.5, 0.6) is 5.75 Å². The molecule has 0 radical (unpaired) electrons. The van der Waals surface area contributed by atoms with Gasteiger partial charge in [-0.1, -0.05) is 11.6 Å². The van der Waals surface area contributed by atoms with Gasteiger partial charge in [-0.2, -0.15) is 0 Å². The SMILES string of the molecule is COc1ccc(Cl)cc1N1CCN(CCN)CC1. The summed E-state index contributed by atoms with van der Waals surface area (Å²) in [7, 11) is 1.69. The van der Waals surface area contributed by atoms with Gasteiger partial charge in [0, 0.05) is 44.3 Å². The summed E-state index contributed by atoms with van der Waals surface area (Å²) in [5.74, 6) is 0.881. The normalized spacial score (nSPS) is 16.9. The third-order valence-electron chi connectivity index (χ3n) is 3.30. The lowest BCUT2D eigenvalue weighted by Gasteiger charge is -2.36. The Balaban J connectivity index is 2.06. The number of nitrogens with zero attached hydrogens (tertiary/aromatic N) is 2. The molecule has 1 saturated heterocycles. The monoisotopic (exact) mass is 269 g/mol. The van der Waals surface area contributed by atoms with Crippen LogP contribution in [0.2, 0.25) is 5.02 Å². The van der Waals surface area contributed by atoms with Gasteiger partial charge in [-0.15, -0.1) is 0 Å². The molecule has 5 heteroatoms. The average molecular weight is 270 g/mol. The first kappa shape index (κ1) is 13.5. The van der Waals surface area contributed by atoms with E-state index in [4.69, 9.17) is 22.1 Å². The summed E-state index contributed by atoms with van der Waals surface area (Å²) in [5, 5.41) is 0.746. The molecule has 2 N–H and O–H groups in total. The molecular weight excluding hydrogens is 250 g/mol. The fourth-order valence-electron chi connectivity index (χ4n) is 2.31. The highest BCUT2D eigenvalue weighted by Gasteiger charge is 2.19. The Labute approximate surface area is 113 Å². The summed E-state index contributed by atoms with van der Waals surface area (Å²) >= 11 is 6.06. The van der Waals surface area contributed by atoms with Gasteiger partial charge in [-0.3, -0.25) is 4.90 Å². The third-order valence-corrected chi connectivity index (χ3v) is 3.53. The maximum Gasteiger partial charge on any atom is 0.142 e. The molecular formula is C13H20ClN3O. The van der Waals surface area contributed by atoms with Gasteiger partial charge < -0.3 is 15.4 Å². The van der Waals surface area contributed by atoms with Crippen molar-refractivity contribution < 1.29 is 4.74 Å². The molecule has 0 aliphatic carbocycles. The van der Waals surface area contributed by atoms with Gasteiger partial charge in [-0.05, 0) is 18.2 Å². The van der Waals surface area contributed by atoms with Crippen LogP contribution in [0.4, 0.5) is 5.69 Å². The van der Waals surface area contributed by atoms with Gasteiger partial charge in [0.2, 0.25) is 0 Å². The summed E-state index contributed by atoms with van der Waals surface area (Å²) in [4.78, 5) is 4.70. The van der Waals surface area contributed by atoms with Crippen LogP contribution < -0.4 is 15.4 Å². The second kappa shape index (κ2) is 6.27. The highest BCUT2D eigenvalue weighted by molar-refractivity contribution is 6.30. The molecule has 0 spiro atoms. The molecule has 1 aromatic rings. The van der Waals surface area contributed by atoms with Gasteiger partial charge in [-0.25, -0.2) is 0 Å². The van der Waals surface area contributed by atoms with Crippen LogP contribution in [0.3, 0.4) is 0 Å². The summed E-state index contributed by atoms with van der Waals surface area (Å²) in [6.45, 7) is 5.73. The molecule has 0 unspecified atom stereocenters. The predicted octanol–water partition coefficient (Wildman–Crippen LogP) is 1.43. The van der Waals surface area contributed by atoms with Gasteiger partial charge in [0.05, 0.1) is 12.8 Å². The van der Waals surface area contributed by atoms with E-state index in [2.05, 4.69) is 9.80 Å². The molecule has 0 amide bonds. The lowest BCUT2D eigenvalue weighted by Crippen LogP contribution is -2.47. The largest absolute Gasteiger partial charge is 0.495 e. The highest BCUT2D eigenvalue weighted by atomic mass is 35.5. The number of piperazine rings is 1. The lowest BCUT2D eigenvalue weighted by molar-refractivity contribution is 0.264. The standard InChI is InChI=1S/C13H20ClN3O/c1-18-13-3-2-11(14)10-12(13)17-8-6-16(5-4-15)7-9-17/h2-3,10H,4-9,15H2,1H3. The minimum atomic E-state index is 0.723. The lowest BCUT2D eigenvalue weighted by atomic mass is 10.2. The molecule has 1 aliphatic rings. The molecule has 0 bridgehead atoms. The Bertz CT molecular complexity index is 392. The molecule has 4 nitrogen and oxygen atoms in total. The zero-order chi connectivity index (χ0) is 13.0. The van der Waals surface area contributed by atoms with Crippen LogP contribution >= 0.6 is 11.6 Å². The van der Waals surface area contributed by atoms with E-state index in [0.29, 0.717) is 0 Å². The summed E-state index contributed by atoms with van der Waals surface area (Å²) in [6, 6.07) is 5.75. The van der Waals surface area contributed by atoms with E-state index in [1.807, 2.05) is 18.2 Å². The quantitative estimate of drug-likeness (QED) is 0.898. The van der Waals surface area contributed by atoms with Crippen molar-refractivity contribution in [1.82, 2.24) is 4.90 Å². The number of hydrogen-bond acceptors (Lipinski definition) is 4. The molecule has 2 rings (SSSR count). The zero-order valence-corrected chi connectivity index (χ0v) is 11.5. The Kier molecular flexibility index (Phi) is 4.69. The number of rotatable bonds is 4. The minimum absolute atomic E-state index is 0.723. The fraction of sp³-hybridized carbons (Fsp3) is 0.538. The van der Waals surface area contributed by atoms with Crippen molar-refractivity contribution in [3.8, 4) is 5.75 Å². The minimum Gasteiger partial charge on any atom is -0.495 e. The number of anilines is 1. The molecule has 0 saturated carbocycles. The zero-order valence-electron chi connectivity index (χ0n) is 10.7. The smallest absolute Gasteiger partial charge is 0.142 e. The van der Waals surface area contributed by atoms with Crippen molar-refractivity contribution in [1.29, 1.82) is 0 Å². The first-order valence-electron chi connectivity index (χ1n) is 6.25. The molecule has 0 atom stereocenters. The van der Waals surface area contributed by atoms with Crippen molar-refractivity contribution in [3.63, 3.8) is 0 Å². The summed E-state index contributed by atoms with van der Waals surface area (Å²) in [6.07, 6.45) is 0. The van der Waals surface area contributed by atoms with E-state index in [9.17, 15) is 0 Å². The molecule has 1 heterocycles. The first-order valence-corrected chi connectivity index (χ1v) is 6.63. The highest BCUT2D eigenvalue weighted by Crippen LogP contribution is 2.31. The van der Waals surface area contributed by atoms with Gasteiger partial charge in [0.1, 0.15) is 5.75 Å². The molecule has 1 aromatic carbocycles. The van der Waals surface area contributed by atoms with Crippen LogP contribution in [0.25, 0.3) is 0 Å². The number of nitrogens with two attached hydrogens (primary N) is 1. The first-order chi connectivity index (χ1) is 8.74. The van der Waals surface area contributed by atoms with Crippen LogP contribution in [0, 0.1) is 0 Å². The second-order valence-electron chi connectivity index (χ2n) is 4.43. The van der Waals surface area contributed by atoms with Crippen LogP contribution in [0.15, 0.2) is 18.2 Å². The number of hydrogen-bond donors (Lipinski definition) is 1. The number of ether oxygens (including phenoxy) is 1. The summed E-state index contributed by atoms with van der Waals surface area (Å²) < 4.78 is 5.39. The molecule has 1 fully saturated rings. The van der Waals surface area contributed by atoms with Gasteiger partial charge in [0.15, 0.2) is 0 Å². The average Bonchev–Trinajstić information content (AvgIpc) is 2.40. The van der Waals surface area contributed by atoms with E-state index in [1.54, 1.807) is 7.11 Å². The van der Waals surface area contributed by atoms with Crippen LogP contribution in [-0.2, 0) is 0 Å². The van der Waals surface area contributed by atoms with E-state index in [1.165, 1.54) is 0 Å². The van der Waals surface area contributed by atoms with Crippen molar-refractivity contribution in [2.24, 2.45) is 5.73 Å². The molecule has 100 valence electrons. The van der Waals surface area contributed by atoms with E-state index < -0.39 is 0 Å². The topological polar surface area (TPSA) is 41.7 Å². The third kappa shape index (κ3) is 3.07. The fourth-order valence-corrected chi connectivity index (χ4v) is 2.47. The van der Waals surface area contributed by atoms with E-state index >= 15 is 0 Å². The molecule has 0 aromatic heterocycles. The molecule has 18 heavy (non-hydrogen) atoms. The predicted molar refractivity (Wildman–Crippen MR) is 75.7 cm³/mol. The van der Waals surface area contributed by atoms with Crippen LogP contribution in [-0.4, -0.2) is 51.3 Å². The van der Waals surface area contributed by atoms with Gasteiger partial charge in [0.25, 0.3) is 0 Å². The second-order valence-corrected chi connectivity index (χ2v) is 4.87. The van der Waals surface area contributed by atoms with Crippen molar-refractivity contribution >= 4 is 17.3 Å². The maximum atomic E-state index is 6.06. The number of benzene rings is 1.